The zero-order valence-electron chi connectivity index (χ0n) is 15.9. The Kier molecular flexibility index (Phi) is 6.14. The summed E-state index contributed by atoms with van der Waals surface area (Å²) in [6, 6.07) is 8.52. The lowest BCUT2D eigenvalue weighted by atomic mass is 10.0. The Labute approximate surface area is 173 Å². The van der Waals surface area contributed by atoms with E-state index in [1.807, 2.05) is 12.1 Å². The van der Waals surface area contributed by atoms with Crippen LogP contribution in [-0.2, 0) is 6.54 Å². The van der Waals surface area contributed by atoms with Gasteiger partial charge in [0.1, 0.15) is 0 Å². The summed E-state index contributed by atoms with van der Waals surface area (Å²) in [5.41, 5.74) is 0.949. The van der Waals surface area contributed by atoms with E-state index >= 15 is 0 Å². The van der Waals surface area contributed by atoms with Gasteiger partial charge in [-0.25, -0.2) is 4.79 Å². The highest BCUT2D eigenvalue weighted by Crippen LogP contribution is 2.24. The number of hydrogen-bond donors (Lipinski definition) is 2. The van der Waals surface area contributed by atoms with Crippen molar-refractivity contribution in [3.63, 3.8) is 0 Å². The largest absolute Gasteiger partial charge is 0.329 e. The van der Waals surface area contributed by atoms with Gasteiger partial charge >= 0.3 is 5.69 Å². The first-order valence-corrected chi connectivity index (χ1v) is 9.28. The van der Waals surface area contributed by atoms with E-state index in [4.69, 9.17) is 0 Å². The number of aromatic amines is 1. The summed E-state index contributed by atoms with van der Waals surface area (Å²) in [5.74, 6) is -0.141. The molecule has 9 heteroatoms. The predicted molar refractivity (Wildman–Crippen MR) is 113 cm³/mol. The molecule has 0 spiro atoms. The van der Waals surface area contributed by atoms with Crippen LogP contribution in [0.25, 0.3) is 10.9 Å². The molecule has 1 unspecified atom stereocenters. The number of pyridine rings is 1. The first-order valence-electron chi connectivity index (χ1n) is 9.28. The molecule has 1 amide bonds. The van der Waals surface area contributed by atoms with E-state index < -0.39 is 5.69 Å². The van der Waals surface area contributed by atoms with Crippen molar-refractivity contribution in [3.05, 3.63) is 74.7 Å². The number of amides is 1. The Morgan fingerprint density at radius 3 is 2.83 bits per heavy atom. The van der Waals surface area contributed by atoms with Gasteiger partial charge < -0.3 is 15.2 Å². The highest BCUT2D eigenvalue weighted by atomic mass is 35.5. The van der Waals surface area contributed by atoms with Gasteiger partial charge in [0.2, 0.25) is 0 Å². The van der Waals surface area contributed by atoms with Crippen LogP contribution < -0.4 is 16.6 Å². The molecule has 4 rings (SSSR count). The van der Waals surface area contributed by atoms with Crippen LogP contribution in [0.5, 0.6) is 0 Å². The molecule has 2 N–H and O–H groups in total. The molecule has 1 aliphatic heterocycles. The predicted octanol–water partition coefficient (Wildman–Crippen LogP) is 1.31. The van der Waals surface area contributed by atoms with E-state index in [1.165, 1.54) is 0 Å². The van der Waals surface area contributed by atoms with E-state index in [-0.39, 0.29) is 29.9 Å². The minimum absolute atomic E-state index is 0. The Bertz CT molecular complexity index is 1140. The molecule has 1 aliphatic rings. The first-order chi connectivity index (χ1) is 13.6. The van der Waals surface area contributed by atoms with E-state index in [9.17, 15) is 14.4 Å². The average molecular weight is 416 g/mol. The van der Waals surface area contributed by atoms with Gasteiger partial charge in [0.15, 0.2) is 0 Å². The van der Waals surface area contributed by atoms with Crippen molar-refractivity contribution in [1.82, 2.24) is 24.8 Å². The molecule has 3 aromatic rings. The number of fused-ring (bicyclic) bond motifs is 1. The number of halogens is 1. The second kappa shape index (κ2) is 8.59. The van der Waals surface area contributed by atoms with Gasteiger partial charge in [-0.15, -0.1) is 12.4 Å². The van der Waals surface area contributed by atoms with Crippen LogP contribution in [0.2, 0.25) is 0 Å². The molecule has 8 nitrogen and oxygen atoms in total. The second-order valence-electron chi connectivity index (χ2n) is 6.74. The summed E-state index contributed by atoms with van der Waals surface area (Å²) in [4.78, 5) is 46.4. The fraction of sp³-hybridized carbons (Fsp3) is 0.300. The Balaban J connectivity index is 0.00000240. The van der Waals surface area contributed by atoms with Gasteiger partial charge in [-0.1, -0.05) is 6.07 Å². The van der Waals surface area contributed by atoms with Crippen molar-refractivity contribution < 1.29 is 4.79 Å². The topological polar surface area (TPSA) is 100 Å². The van der Waals surface area contributed by atoms with Gasteiger partial charge in [0.05, 0.1) is 16.9 Å². The maximum atomic E-state index is 13.2. The zero-order chi connectivity index (χ0) is 19.7. The van der Waals surface area contributed by atoms with Crippen LogP contribution in [-0.4, -0.2) is 45.0 Å². The molecule has 2 aromatic heterocycles. The lowest BCUT2D eigenvalue weighted by molar-refractivity contribution is 0.0634. The SMILES string of the molecule is CCn1c(=O)[nH]c2cc(C(=O)N3CCNCC3c3cccnc3)ccc2c1=O.Cl. The lowest BCUT2D eigenvalue weighted by Crippen LogP contribution is -2.48. The summed E-state index contributed by atoms with van der Waals surface area (Å²) < 4.78 is 1.14. The first kappa shape index (κ1) is 20.8. The van der Waals surface area contributed by atoms with Gasteiger partial charge in [0, 0.05) is 44.1 Å². The smallest absolute Gasteiger partial charge is 0.328 e. The average Bonchev–Trinajstić information content (AvgIpc) is 2.74. The number of H-pyrrole nitrogens is 1. The van der Waals surface area contributed by atoms with Gasteiger partial charge in [0.25, 0.3) is 11.5 Å². The molecule has 29 heavy (non-hydrogen) atoms. The number of carbonyl (C=O) groups is 1. The third-order valence-electron chi connectivity index (χ3n) is 5.12. The van der Waals surface area contributed by atoms with E-state index in [2.05, 4.69) is 15.3 Å². The van der Waals surface area contributed by atoms with Crippen molar-refractivity contribution in [2.75, 3.05) is 19.6 Å². The number of nitrogens with one attached hydrogen (secondary N) is 2. The summed E-state index contributed by atoms with van der Waals surface area (Å²) in [7, 11) is 0. The number of piperazine rings is 1. The van der Waals surface area contributed by atoms with Gasteiger partial charge in [-0.3, -0.25) is 19.1 Å². The van der Waals surface area contributed by atoms with Crippen molar-refractivity contribution in [1.29, 1.82) is 0 Å². The number of hydrogen-bond acceptors (Lipinski definition) is 5. The molecule has 152 valence electrons. The van der Waals surface area contributed by atoms with Crippen LogP contribution in [0.3, 0.4) is 0 Å². The number of nitrogens with zero attached hydrogens (tertiary/aromatic N) is 3. The maximum absolute atomic E-state index is 13.2. The third-order valence-corrected chi connectivity index (χ3v) is 5.12. The van der Waals surface area contributed by atoms with Gasteiger partial charge in [-0.2, -0.15) is 0 Å². The number of aromatic nitrogens is 3. The molecule has 0 bridgehead atoms. The van der Waals surface area contributed by atoms with Crippen molar-refractivity contribution in [2.24, 2.45) is 0 Å². The number of benzene rings is 1. The van der Waals surface area contributed by atoms with Crippen molar-refractivity contribution in [3.8, 4) is 0 Å². The monoisotopic (exact) mass is 415 g/mol. The molecule has 1 atom stereocenters. The van der Waals surface area contributed by atoms with E-state index in [1.54, 1.807) is 42.4 Å². The molecule has 0 aliphatic carbocycles. The molecule has 1 saturated heterocycles. The normalized spacial score (nSPS) is 16.4. The fourth-order valence-electron chi connectivity index (χ4n) is 3.66. The molecular weight excluding hydrogens is 394 g/mol. The molecule has 1 fully saturated rings. The number of carbonyl (C=O) groups excluding carboxylic acids is 1. The fourth-order valence-corrected chi connectivity index (χ4v) is 3.66. The van der Waals surface area contributed by atoms with E-state index in [0.717, 1.165) is 10.1 Å². The molecule has 3 heterocycles. The van der Waals surface area contributed by atoms with Crippen LogP contribution in [0, 0.1) is 0 Å². The quantitative estimate of drug-likeness (QED) is 0.671. The van der Waals surface area contributed by atoms with Crippen LogP contribution in [0.15, 0.2) is 52.3 Å². The van der Waals surface area contributed by atoms with Crippen LogP contribution in [0.4, 0.5) is 0 Å². The lowest BCUT2D eigenvalue weighted by Gasteiger charge is -2.36. The molecule has 0 saturated carbocycles. The Morgan fingerprint density at radius 1 is 1.28 bits per heavy atom. The number of rotatable bonds is 3. The third kappa shape index (κ3) is 3.81. The summed E-state index contributed by atoms with van der Waals surface area (Å²) in [6.07, 6.45) is 3.47. The molecule has 1 aromatic carbocycles. The van der Waals surface area contributed by atoms with E-state index in [0.29, 0.717) is 42.6 Å². The van der Waals surface area contributed by atoms with Gasteiger partial charge in [-0.05, 0) is 36.8 Å². The minimum Gasteiger partial charge on any atom is -0.329 e. The maximum Gasteiger partial charge on any atom is 0.328 e. The second-order valence-corrected chi connectivity index (χ2v) is 6.74. The van der Waals surface area contributed by atoms with Crippen LogP contribution in [0.1, 0.15) is 28.9 Å². The zero-order valence-corrected chi connectivity index (χ0v) is 16.7. The summed E-state index contributed by atoms with van der Waals surface area (Å²) in [6.45, 7) is 3.93. The summed E-state index contributed by atoms with van der Waals surface area (Å²) in [5, 5.41) is 3.70. The Hall–Kier alpha value is -2.97. The molecule has 0 radical (unpaired) electrons. The molecular formula is C20H22ClN5O3. The standard InChI is InChI=1S/C20H21N5O3.ClH/c1-2-24-19(27)15-6-5-13(10-16(15)23-20(24)28)18(26)25-9-8-22-12-17(25)14-4-3-7-21-11-14;/h3-7,10-11,17,22H,2,8-9,12H2,1H3,(H,23,28);1H. The van der Waals surface area contributed by atoms with Crippen LogP contribution >= 0.6 is 12.4 Å². The summed E-state index contributed by atoms with van der Waals surface area (Å²) >= 11 is 0. The van der Waals surface area contributed by atoms with Crippen molar-refractivity contribution in [2.45, 2.75) is 19.5 Å². The minimum atomic E-state index is -0.472. The Morgan fingerprint density at radius 2 is 2.10 bits per heavy atom. The highest BCUT2D eigenvalue weighted by molar-refractivity contribution is 5.98. The highest BCUT2D eigenvalue weighted by Gasteiger charge is 2.29. The van der Waals surface area contributed by atoms with Crippen molar-refractivity contribution >= 4 is 29.2 Å².